The second kappa shape index (κ2) is 43.8. The minimum absolute atomic E-state index is 0.639. The number of ether oxygens (including phenoxy) is 1. The van der Waals surface area contributed by atoms with E-state index in [0.29, 0.717) is 6.67 Å². The molecule has 0 atom stereocenters. The molecule has 0 spiro atoms. The molecule has 0 radical (unpaired) electrons. The Balaban J connectivity index is 0.000000231. The zero-order valence-corrected chi connectivity index (χ0v) is 37.0. The third kappa shape index (κ3) is 36.3. The molecule has 324 valence electrons. The second-order valence-electron chi connectivity index (χ2n) is 14.1. The number of hydrogen-bond donors (Lipinski definition) is 1. The van der Waals surface area contributed by atoms with Gasteiger partial charge >= 0.3 is 0 Å². The van der Waals surface area contributed by atoms with Crippen LogP contribution in [-0.2, 0) is 11.2 Å². The number of morpholine rings is 1. The molecule has 7 heterocycles. The third-order valence-corrected chi connectivity index (χ3v) is 9.64. The van der Waals surface area contributed by atoms with E-state index in [1.165, 1.54) is 120 Å². The van der Waals surface area contributed by atoms with Gasteiger partial charge in [0.25, 0.3) is 0 Å². The summed E-state index contributed by atoms with van der Waals surface area (Å²) in [5.41, 5.74) is 4.27. The SMILES string of the molecule is C1=Cc2cccnc2C1.C1=NCN=C1.C1CCCC1.C1CCCCC1.C1CCCCC1.C1COCCN1.c1ccncc1.c1ccncc1.c1ccncc1.c1cscn1. The van der Waals surface area contributed by atoms with Gasteiger partial charge in [-0.2, -0.15) is 0 Å². The highest BCUT2D eigenvalue weighted by atomic mass is 32.1. The lowest BCUT2D eigenvalue weighted by atomic mass is 10.0. The van der Waals surface area contributed by atoms with Gasteiger partial charge in [0.2, 0.25) is 0 Å². The predicted molar refractivity (Wildman–Crippen MR) is 256 cm³/mol. The summed E-state index contributed by atoms with van der Waals surface area (Å²) in [5.74, 6) is 0. The van der Waals surface area contributed by atoms with E-state index in [1.54, 1.807) is 72.7 Å². The van der Waals surface area contributed by atoms with E-state index in [1.807, 2.05) is 72.2 Å². The highest BCUT2D eigenvalue weighted by Gasteiger charge is 2.02. The van der Waals surface area contributed by atoms with Crippen molar-refractivity contribution in [1.29, 1.82) is 0 Å². The van der Waals surface area contributed by atoms with Crippen LogP contribution in [0.2, 0.25) is 0 Å². The number of aromatic nitrogens is 5. The van der Waals surface area contributed by atoms with Crippen LogP contribution >= 0.6 is 11.3 Å². The molecular formula is C50H72N8OS. The second-order valence-corrected chi connectivity index (χ2v) is 14.8. The summed E-state index contributed by atoms with van der Waals surface area (Å²) in [6.07, 6.45) is 48.3. The first kappa shape index (κ1) is 51.4. The van der Waals surface area contributed by atoms with E-state index in [0.717, 1.165) is 32.7 Å². The topological polar surface area (TPSA) is 110 Å². The lowest BCUT2D eigenvalue weighted by molar-refractivity contribution is 0.109. The van der Waals surface area contributed by atoms with Crippen molar-refractivity contribution < 1.29 is 4.74 Å². The van der Waals surface area contributed by atoms with Crippen LogP contribution in [0.3, 0.4) is 0 Å². The highest BCUT2D eigenvalue weighted by Crippen LogP contribution is 2.17. The maximum Gasteiger partial charge on any atom is 0.129 e. The van der Waals surface area contributed by atoms with Gasteiger partial charge in [-0.25, -0.2) is 0 Å². The molecule has 9 nitrogen and oxygen atoms in total. The van der Waals surface area contributed by atoms with Crippen molar-refractivity contribution in [1.82, 2.24) is 30.2 Å². The number of nitrogens with zero attached hydrogens (tertiary/aromatic N) is 7. The Labute approximate surface area is 366 Å². The fraction of sp³-hybridized carbons (Fsp3) is 0.460. The van der Waals surface area contributed by atoms with Crippen molar-refractivity contribution in [2.75, 3.05) is 33.0 Å². The molecule has 0 bridgehead atoms. The molecule has 1 saturated heterocycles. The largest absolute Gasteiger partial charge is 0.379 e. The van der Waals surface area contributed by atoms with Crippen molar-refractivity contribution in [3.8, 4) is 0 Å². The van der Waals surface area contributed by atoms with Crippen LogP contribution in [0.5, 0.6) is 0 Å². The van der Waals surface area contributed by atoms with Gasteiger partial charge in [0.15, 0.2) is 0 Å². The smallest absolute Gasteiger partial charge is 0.129 e. The van der Waals surface area contributed by atoms with E-state index in [2.05, 4.69) is 58.4 Å². The van der Waals surface area contributed by atoms with Crippen molar-refractivity contribution in [3.05, 3.63) is 145 Å². The number of hydrogen-bond acceptors (Lipinski definition) is 10. The van der Waals surface area contributed by atoms with Crippen LogP contribution in [0.25, 0.3) is 6.08 Å². The van der Waals surface area contributed by atoms with Crippen LogP contribution in [0.4, 0.5) is 0 Å². The number of aliphatic imine (C=N–C) groups is 2. The van der Waals surface area contributed by atoms with Gasteiger partial charge < -0.3 is 10.1 Å². The van der Waals surface area contributed by atoms with E-state index in [4.69, 9.17) is 4.74 Å². The van der Waals surface area contributed by atoms with E-state index < -0.39 is 0 Å². The van der Waals surface area contributed by atoms with Gasteiger partial charge in [-0.3, -0.25) is 34.9 Å². The molecule has 11 rings (SSSR count). The van der Waals surface area contributed by atoms with Crippen LogP contribution in [0.15, 0.2) is 143 Å². The van der Waals surface area contributed by atoms with Crippen LogP contribution in [0, 0.1) is 0 Å². The van der Waals surface area contributed by atoms with Gasteiger partial charge in [-0.15, -0.1) is 11.3 Å². The molecule has 2 aliphatic heterocycles. The fourth-order valence-electron chi connectivity index (χ4n) is 5.94. The Hall–Kier alpha value is -4.77. The average molecular weight is 833 g/mol. The molecule has 0 aromatic carbocycles. The van der Waals surface area contributed by atoms with E-state index >= 15 is 0 Å². The Morgan fingerprint density at radius 1 is 0.467 bits per heavy atom. The van der Waals surface area contributed by atoms with Crippen LogP contribution < -0.4 is 5.32 Å². The standard InChI is InChI=1S/C8H7N.2C6H12.3C5H5N.C5H10.C4H9NO.C3H4N2.C3H3NS/c1-3-7-4-2-6-9-8(7)5-1;5*1-2-4-6-5-3-1;1-2-4-5-3-1;1-3-6-4-2-5-1;2*1-2-5-3-4-1/h1-4,6H,5H2;2*1-6H2;3*1-5H;1-5H2;5H,1-4H2;1-2H,3H2;1-3H. The van der Waals surface area contributed by atoms with Crippen LogP contribution in [-0.4, -0.2) is 70.3 Å². The quantitative estimate of drug-likeness (QED) is 0.165. The first-order valence-corrected chi connectivity index (χ1v) is 23.2. The minimum atomic E-state index is 0.639. The average Bonchev–Trinajstić information content (AvgIpc) is 4.25. The predicted octanol–water partition coefficient (Wildman–Crippen LogP) is 12.4. The number of rotatable bonds is 0. The number of allylic oxidation sites excluding steroid dienone is 1. The summed E-state index contributed by atoms with van der Waals surface area (Å²) in [4.78, 5) is 26.8. The Bertz CT molecular complexity index is 1340. The van der Waals surface area contributed by atoms with Gasteiger partial charge in [0, 0.05) is 86.9 Å². The molecule has 0 amide bonds. The summed E-state index contributed by atoms with van der Waals surface area (Å²) >= 11 is 1.60. The minimum Gasteiger partial charge on any atom is -0.379 e. The zero-order chi connectivity index (χ0) is 42.2. The van der Waals surface area contributed by atoms with E-state index in [-0.39, 0.29) is 0 Å². The van der Waals surface area contributed by atoms with Gasteiger partial charge in [0.05, 0.1) is 24.4 Å². The molecule has 0 unspecified atom stereocenters. The highest BCUT2D eigenvalue weighted by molar-refractivity contribution is 7.07. The number of thiazole rings is 1. The lowest BCUT2D eigenvalue weighted by Gasteiger charge is -2.10. The molecule has 4 aliphatic carbocycles. The molecule has 3 saturated carbocycles. The van der Waals surface area contributed by atoms with Gasteiger partial charge in [-0.1, -0.05) is 146 Å². The summed E-state index contributed by atoms with van der Waals surface area (Å²) in [5, 5.41) is 5.09. The van der Waals surface area contributed by atoms with Crippen molar-refractivity contribution >= 4 is 29.8 Å². The van der Waals surface area contributed by atoms with E-state index in [9.17, 15) is 0 Å². The van der Waals surface area contributed by atoms with Gasteiger partial charge in [-0.05, 0) is 48.0 Å². The van der Waals surface area contributed by atoms with Crippen molar-refractivity contribution in [2.45, 2.75) is 116 Å². The Kier molecular flexibility index (Phi) is 37.5. The monoisotopic (exact) mass is 833 g/mol. The molecule has 5 aromatic heterocycles. The molecule has 60 heavy (non-hydrogen) atoms. The molecule has 6 aliphatic rings. The molecular weight excluding hydrogens is 761 g/mol. The normalized spacial score (nSPS) is 15.8. The fourth-order valence-corrected chi connectivity index (χ4v) is 6.29. The first-order valence-electron chi connectivity index (χ1n) is 22.2. The summed E-state index contributed by atoms with van der Waals surface area (Å²) in [6, 6.07) is 21.2. The Morgan fingerprint density at radius 3 is 1.12 bits per heavy atom. The van der Waals surface area contributed by atoms with Gasteiger partial charge in [0.1, 0.15) is 6.67 Å². The summed E-state index contributed by atoms with van der Waals surface area (Å²) in [6.45, 7) is 4.47. The summed E-state index contributed by atoms with van der Waals surface area (Å²) in [7, 11) is 0. The van der Waals surface area contributed by atoms with Crippen molar-refractivity contribution in [3.63, 3.8) is 0 Å². The maximum absolute atomic E-state index is 5.01. The molecule has 4 fully saturated rings. The van der Waals surface area contributed by atoms with Crippen LogP contribution in [0.1, 0.15) is 120 Å². The first-order chi connectivity index (χ1) is 30.0. The Morgan fingerprint density at radius 2 is 0.900 bits per heavy atom. The lowest BCUT2D eigenvalue weighted by Crippen LogP contribution is -2.30. The van der Waals surface area contributed by atoms with Crippen molar-refractivity contribution in [2.24, 2.45) is 9.98 Å². The summed E-state index contributed by atoms with van der Waals surface area (Å²) < 4.78 is 5.01. The number of nitrogens with one attached hydrogen (secondary N) is 1. The number of fused-ring (bicyclic) bond motifs is 1. The third-order valence-electron chi connectivity index (χ3n) is 9.12. The zero-order valence-electron chi connectivity index (χ0n) is 36.1. The molecule has 10 heteroatoms. The molecule has 5 aromatic rings. The maximum atomic E-state index is 5.01. The molecule has 1 N–H and O–H groups in total. The number of pyridine rings is 4.